The normalized spacial score (nSPS) is 9.18. The fraction of sp³-hybridized carbons (Fsp3) is 0.111. The second-order valence-corrected chi connectivity index (χ2v) is 2.10. The Labute approximate surface area is 64.5 Å². The quantitative estimate of drug-likeness (QED) is 0.598. The van der Waals surface area contributed by atoms with E-state index in [1.54, 1.807) is 0 Å². The number of hydrogen-bond acceptors (Lipinski definition) is 1. The number of rotatable bonds is 1. The Morgan fingerprint density at radius 3 is 2.82 bits per heavy atom. The molecule has 0 atom stereocenters. The highest BCUT2D eigenvalue weighted by Gasteiger charge is 1.98. The molecule has 0 aromatic heterocycles. The maximum Gasteiger partial charge on any atom is 0.124 e. The van der Waals surface area contributed by atoms with E-state index in [1.807, 2.05) is 0 Å². The Hall–Kier alpha value is -1.33. The molecule has 0 heterocycles. The Morgan fingerprint density at radius 1 is 1.55 bits per heavy atom. The summed E-state index contributed by atoms with van der Waals surface area (Å²) in [6, 6.07) is 3.97. The molecule has 1 aromatic rings. The summed E-state index contributed by atoms with van der Waals surface area (Å²) in [4.78, 5) is 0. The van der Waals surface area contributed by atoms with Gasteiger partial charge in [0.05, 0.1) is 6.61 Å². The number of aliphatic hydroxyl groups is 1. The van der Waals surface area contributed by atoms with Crippen LogP contribution in [0.1, 0.15) is 11.1 Å². The lowest BCUT2D eigenvalue weighted by Crippen LogP contribution is -1.89. The molecule has 0 amide bonds. The molecular weight excluding hydrogens is 143 g/mol. The van der Waals surface area contributed by atoms with E-state index < -0.39 is 0 Å². The summed E-state index contributed by atoms with van der Waals surface area (Å²) in [6.45, 7) is -0.153. The molecule has 1 nitrogen and oxygen atoms in total. The van der Waals surface area contributed by atoms with E-state index >= 15 is 0 Å². The molecule has 0 radical (unpaired) electrons. The van der Waals surface area contributed by atoms with Crippen LogP contribution in [0.3, 0.4) is 0 Å². The van der Waals surface area contributed by atoms with Gasteiger partial charge in [0.15, 0.2) is 0 Å². The number of halogens is 1. The first-order valence-corrected chi connectivity index (χ1v) is 3.14. The lowest BCUT2D eigenvalue weighted by Gasteiger charge is -1.98. The summed E-state index contributed by atoms with van der Waals surface area (Å²) >= 11 is 0. The molecule has 0 aliphatic heterocycles. The van der Waals surface area contributed by atoms with Crippen LogP contribution in [0.2, 0.25) is 0 Å². The Morgan fingerprint density at radius 2 is 2.27 bits per heavy atom. The first-order valence-electron chi connectivity index (χ1n) is 3.14. The monoisotopic (exact) mass is 150 g/mol. The minimum atomic E-state index is -0.379. The third kappa shape index (κ3) is 1.57. The van der Waals surface area contributed by atoms with E-state index in [0.29, 0.717) is 11.1 Å². The fourth-order valence-corrected chi connectivity index (χ4v) is 0.821. The van der Waals surface area contributed by atoms with Gasteiger partial charge in [-0.25, -0.2) is 4.39 Å². The highest BCUT2D eigenvalue weighted by Crippen LogP contribution is 2.09. The van der Waals surface area contributed by atoms with Crippen LogP contribution < -0.4 is 0 Å². The maximum atomic E-state index is 12.5. The van der Waals surface area contributed by atoms with Crippen molar-refractivity contribution in [3.8, 4) is 12.3 Å². The first-order chi connectivity index (χ1) is 5.27. The average Bonchev–Trinajstić information content (AvgIpc) is 2.04. The molecule has 0 saturated heterocycles. The van der Waals surface area contributed by atoms with Crippen molar-refractivity contribution in [2.45, 2.75) is 6.61 Å². The molecule has 0 bridgehead atoms. The molecule has 1 aromatic carbocycles. The van der Waals surface area contributed by atoms with E-state index in [2.05, 4.69) is 5.92 Å². The summed E-state index contributed by atoms with van der Waals surface area (Å²) in [7, 11) is 0. The van der Waals surface area contributed by atoms with Crippen molar-refractivity contribution in [2.24, 2.45) is 0 Å². The van der Waals surface area contributed by atoms with E-state index in [0.717, 1.165) is 0 Å². The van der Waals surface area contributed by atoms with E-state index in [9.17, 15) is 4.39 Å². The molecule has 0 aliphatic rings. The highest BCUT2D eigenvalue weighted by molar-refractivity contribution is 5.39. The van der Waals surface area contributed by atoms with Crippen LogP contribution in [-0.4, -0.2) is 5.11 Å². The third-order valence-corrected chi connectivity index (χ3v) is 1.40. The molecule has 1 N–H and O–H groups in total. The van der Waals surface area contributed by atoms with Crippen LogP contribution in [0, 0.1) is 18.2 Å². The fourth-order valence-electron chi connectivity index (χ4n) is 0.821. The van der Waals surface area contributed by atoms with Gasteiger partial charge in [-0.3, -0.25) is 0 Å². The number of terminal acetylenes is 1. The van der Waals surface area contributed by atoms with Gasteiger partial charge in [0, 0.05) is 5.56 Å². The number of hydrogen-bond donors (Lipinski definition) is 1. The minimum Gasteiger partial charge on any atom is -0.392 e. The predicted molar refractivity (Wildman–Crippen MR) is 40.3 cm³/mol. The summed E-state index contributed by atoms with van der Waals surface area (Å²) in [6.07, 6.45) is 5.07. The van der Waals surface area contributed by atoms with E-state index in [-0.39, 0.29) is 12.4 Å². The van der Waals surface area contributed by atoms with Crippen molar-refractivity contribution >= 4 is 0 Å². The van der Waals surface area contributed by atoms with E-state index in [1.165, 1.54) is 18.2 Å². The van der Waals surface area contributed by atoms with Gasteiger partial charge >= 0.3 is 0 Å². The SMILES string of the molecule is C#Cc1cc(F)ccc1CO. The standard InChI is InChI=1S/C9H7FO/c1-2-7-5-9(10)4-3-8(7)6-11/h1,3-5,11H,6H2. The van der Waals surface area contributed by atoms with Gasteiger partial charge in [0.2, 0.25) is 0 Å². The van der Waals surface area contributed by atoms with Gasteiger partial charge in [0.25, 0.3) is 0 Å². The molecule has 0 spiro atoms. The van der Waals surface area contributed by atoms with Gasteiger partial charge in [-0.2, -0.15) is 0 Å². The molecule has 2 heteroatoms. The Balaban J connectivity index is 3.19. The van der Waals surface area contributed by atoms with Gasteiger partial charge in [-0.15, -0.1) is 6.42 Å². The van der Waals surface area contributed by atoms with Crippen molar-refractivity contribution in [1.29, 1.82) is 0 Å². The zero-order valence-electron chi connectivity index (χ0n) is 5.84. The number of aliphatic hydroxyl groups excluding tert-OH is 1. The maximum absolute atomic E-state index is 12.5. The number of benzene rings is 1. The lowest BCUT2D eigenvalue weighted by molar-refractivity contribution is 0.281. The Bertz CT molecular complexity index is 299. The molecule has 1 rings (SSSR count). The summed E-state index contributed by atoms with van der Waals surface area (Å²) in [5.41, 5.74) is 0.987. The van der Waals surface area contributed by atoms with Crippen LogP contribution >= 0.6 is 0 Å². The van der Waals surface area contributed by atoms with Gasteiger partial charge in [-0.05, 0) is 17.7 Å². The lowest BCUT2D eigenvalue weighted by atomic mass is 10.1. The van der Waals surface area contributed by atoms with Crippen LogP contribution in [0.15, 0.2) is 18.2 Å². The second kappa shape index (κ2) is 3.18. The van der Waals surface area contributed by atoms with Gasteiger partial charge in [-0.1, -0.05) is 12.0 Å². The van der Waals surface area contributed by atoms with Crippen molar-refractivity contribution in [1.82, 2.24) is 0 Å². The van der Waals surface area contributed by atoms with E-state index in [4.69, 9.17) is 11.5 Å². The predicted octanol–water partition coefficient (Wildman–Crippen LogP) is 1.30. The van der Waals surface area contributed by atoms with Crippen LogP contribution in [0.4, 0.5) is 4.39 Å². The molecule has 0 fully saturated rings. The van der Waals surface area contributed by atoms with Gasteiger partial charge < -0.3 is 5.11 Å². The zero-order valence-corrected chi connectivity index (χ0v) is 5.84. The van der Waals surface area contributed by atoms with Crippen LogP contribution in [0.25, 0.3) is 0 Å². The molecule has 0 unspecified atom stereocenters. The summed E-state index contributed by atoms with van der Waals surface area (Å²) in [5, 5.41) is 8.72. The van der Waals surface area contributed by atoms with Crippen molar-refractivity contribution in [2.75, 3.05) is 0 Å². The largest absolute Gasteiger partial charge is 0.392 e. The molecule has 11 heavy (non-hydrogen) atoms. The molecule has 56 valence electrons. The zero-order chi connectivity index (χ0) is 8.27. The van der Waals surface area contributed by atoms with Crippen molar-refractivity contribution in [3.05, 3.63) is 35.1 Å². The van der Waals surface area contributed by atoms with Crippen LogP contribution in [-0.2, 0) is 6.61 Å². The third-order valence-electron chi connectivity index (χ3n) is 1.40. The molecule has 0 saturated carbocycles. The highest BCUT2D eigenvalue weighted by atomic mass is 19.1. The minimum absolute atomic E-state index is 0.153. The van der Waals surface area contributed by atoms with Gasteiger partial charge in [0.1, 0.15) is 5.82 Å². The molecule has 0 aliphatic carbocycles. The summed E-state index contributed by atoms with van der Waals surface area (Å²) in [5.74, 6) is 1.91. The Kier molecular flexibility index (Phi) is 2.25. The molecular formula is C9H7FO. The second-order valence-electron chi connectivity index (χ2n) is 2.10. The first kappa shape index (κ1) is 7.77. The van der Waals surface area contributed by atoms with Crippen LogP contribution in [0.5, 0.6) is 0 Å². The summed E-state index contributed by atoms with van der Waals surface area (Å²) < 4.78 is 12.5. The van der Waals surface area contributed by atoms with Crippen molar-refractivity contribution in [3.63, 3.8) is 0 Å². The average molecular weight is 150 g/mol. The topological polar surface area (TPSA) is 20.2 Å². The smallest absolute Gasteiger partial charge is 0.124 e. The van der Waals surface area contributed by atoms with Crippen molar-refractivity contribution < 1.29 is 9.50 Å².